The number of carbonyl (C=O) groups excluding carboxylic acids is 2. The molecule has 5 N–H and O–H groups in total. The lowest BCUT2D eigenvalue weighted by Crippen LogP contribution is -2.20. The Morgan fingerprint density at radius 2 is 1.61 bits per heavy atom. The van der Waals surface area contributed by atoms with Gasteiger partial charge in [-0.1, -0.05) is 67.4 Å². The molecule has 7 nitrogen and oxygen atoms in total. The number of anilines is 2. The first-order valence-corrected chi connectivity index (χ1v) is 11.8. The fraction of sp³-hybridized carbons (Fsp3) is 0.207. The Morgan fingerprint density at radius 1 is 0.889 bits per heavy atom. The highest BCUT2D eigenvalue weighted by Gasteiger charge is 2.24. The number of carboxylic acids is 1. The number of ketones is 1. The molecule has 0 aliphatic carbocycles. The first kappa shape index (κ1) is 26.2. The van der Waals surface area contributed by atoms with Gasteiger partial charge in [0.05, 0.1) is 5.92 Å². The van der Waals surface area contributed by atoms with Gasteiger partial charge in [-0.3, -0.25) is 14.4 Å². The van der Waals surface area contributed by atoms with Crippen LogP contribution in [0.5, 0.6) is 5.75 Å². The quantitative estimate of drug-likeness (QED) is 0.0772. The van der Waals surface area contributed by atoms with E-state index in [4.69, 9.17) is 21.3 Å². The van der Waals surface area contributed by atoms with Crippen LogP contribution < -0.4 is 16.2 Å². The van der Waals surface area contributed by atoms with Crippen molar-refractivity contribution >= 4 is 35.2 Å². The Balaban J connectivity index is 1.66. The van der Waals surface area contributed by atoms with Crippen LogP contribution in [0.25, 0.3) is 6.08 Å². The molecule has 36 heavy (non-hydrogen) atoms. The van der Waals surface area contributed by atoms with Gasteiger partial charge >= 0.3 is 11.9 Å². The second-order valence-electron chi connectivity index (χ2n) is 8.49. The molecule has 0 aliphatic heterocycles. The van der Waals surface area contributed by atoms with Crippen molar-refractivity contribution in [2.75, 3.05) is 11.5 Å². The van der Waals surface area contributed by atoms with Gasteiger partial charge in [0, 0.05) is 23.4 Å². The zero-order valence-corrected chi connectivity index (χ0v) is 19.9. The van der Waals surface area contributed by atoms with Crippen LogP contribution in [0.2, 0.25) is 0 Å². The van der Waals surface area contributed by atoms with Gasteiger partial charge in [-0.15, -0.1) is 0 Å². The normalized spacial score (nSPS) is 11.8. The number of benzene rings is 3. The van der Waals surface area contributed by atoms with E-state index in [-0.39, 0.29) is 12.2 Å². The number of nitrogens with two attached hydrogens (primary N) is 2. The van der Waals surface area contributed by atoms with Crippen molar-refractivity contribution < 1.29 is 24.2 Å². The van der Waals surface area contributed by atoms with E-state index in [1.54, 1.807) is 60.7 Å². The van der Waals surface area contributed by atoms with E-state index >= 15 is 0 Å². The van der Waals surface area contributed by atoms with Gasteiger partial charge in [-0.25, -0.2) is 0 Å². The Morgan fingerprint density at radius 3 is 2.28 bits per heavy atom. The van der Waals surface area contributed by atoms with Crippen LogP contribution in [0.4, 0.5) is 11.4 Å². The van der Waals surface area contributed by atoms with Gasteiger partial charge in [0.15, 0.2) is 5.78 Å². The van der Waals surface area contributed by atoms with E-state index in [1.165, 1.54) is 6.08 Å². The lowest BCUT2D eigenvalue weighted by atomic mass is 9.91. The van der Waals surface area contributed by atoms with Crippen molar-refractivity contribution in [2.24, 2.45) is 0 Å². The summed E-state index contributed by atoms with van der Waals surface area (Å²) in [7, 11) is 0. The Kier molecular flexibility index (Phi) is 9.40. The summed E-state index contributed by atoms with van der Waals surface area (Å²) in [6.45, 7) is 0. The van der Waals surface area contributed by atoms with E-state index in [1.807, 2.05) is 18.2 Å². The Hall–Kier alpha value is -4.39. The predicted molar refractivity (Wildman–Crippen MR) is 141 cm³/mol. The zero-order valence-electron chi connectivity index (χ0n) is 19.9. The topological polar surface area (TPSA) is 133 Å². The van der Waals surface area contributed by atoms with Crippen molar-refractivity contribution in [2.45, 2.75) is 38.0 Å². The molecule has 1 unspecified atom stereocenters. The number of carboxylic acid groups (broad SMARTS) is 1. The third-order valence-corrected chi connectivity index (χ3v) is 5.74. The predicted octanol–water partition coefficient (Wildman–Crippen LogP) is 5.47. The molecule has 0 saturated heterocycles. The highest BCUT2D eigenvalue weighted by molar-refractivity contribution is 6.06. The van der Waals surface area contributed by atoms with Crippen molar-refractivity contribution in [1.29, 1.82) is 0 Å². The molecule has 0 fully saturated rings. The van der Waals surface area contributed by atoms with Gasteiger partial charge in [-0.2, -0.15) is 0 Å². The van der Waals surface area contributed by atoms with Gasteiger partial charge < -0.3 is 21.3 Å². The number of hydrogen-bond acceptors (Lipinski definition) is 6. The first-order valence-electron chi connectivity index (χ1n) is 11.8. The standard InChI is InChI=1S/C29H30N2O5/c30-22-14-17-24(26(31)19-22)25(9-5-2-6-10-28(33)34)29(35)36-23-15-11-20(12-16-23)13-18-27(32)21-7-3-1-4-8-21/h1,3-4,7-8,11-19,25H,2,5-6,9-10,30-31H2,(H,33,34). The zero-order chi connectivity index (χ0) is 25.9. The molecular formula is C29H30N2O5. The minimum absolute atomic E-state index is 0.0941. The van der Waals surface area contributed by atoms with Crippen LogP contribution in [-0.2, 0) is 9.59 Å². The van der Waals surface area contributed by atoms with Gasteiger partial charge in [0.2, 0.25) is 0 Å². The molecule has 0 radical (unpaired) electrons. The number of carbonyl (C=O) groups is 3. The van der Waals surface area contributed by atoms with Crippen LogP contribution in [0.15, 0.2) is 78.9 Å². The molecule has 0 bridgehead atoms. The number of aliphatic carboxylic acids is 1. The summed E-state index contributed by atoms with van der Waals surface area (Å²) in [6.07, 6.45) is 5.63. The molecule has 0 aromatic heterocycles. The second-order valence-corrected chi connectivity index (χ2v) is 8.49. The summed E-state index contributed by atoms with van der Waals surface area (Å²) in [5.74, 6) is -1.63. The molecule has 1 atom stereocenters. The molecule has 0 aliphatic rings. The molecule has 0 spiro atoms. The molecule has 3 rings (SSSR count). The van der Waals surface area contributed by atoms with Gasteiger partial charge in [-0.05, 0) is 54.3 Å². The van der Waals surface area contributed by atoms with Gasteiger partial charge in [0.1, 0.15) is 5.75 Å². The van der Waals surface area contributed by atoms with E-state index < -0.39 is 17.9 Å². The van der Waals surface area contributed by atoms with E-state index in [2.05, 4.69) is 0 Å². The average molecular weight is 487 g/mol. The number of nitrogen functional groups attached to an aromatic ring is 2. The molecule has 0 heterocycles. The molecule has 0 saturated carbocycles. The Labute approximate surface area is 210 Å². The summed E-state index contributed by atoms with van der Waals surface area (Å²) < 4.78 is 5.65. The summed E-state index contributed by atoms with van der Waals surface area (Å²) in [4.78, 5) is 36.1. The molecular weight excluding hydrogens is 456 g/mol. The molecule has 3 aromatic carbocycles. The maximum Gasteiger partial charge on any atom is 0.318 e. The largest absolute Gasteiger partial charge is 0.481 e. The summed E-state index contributed by atoms with van der Waals surface area (Å²) in [5, 5.41) is 8.82. The van der Waals surface area contributed by atoms with Gasteiger partial charge in [0.25, 0.3) is 0 Å². The van der Waals surface area contributed by atoms with Crippen LogP contribution in [0.1, 0.15) is 59.5 Å². The van der Waals surface area contributed by atoms with Crippen LogP contribution in [0, 0.1) is 0 Å². The summed E-state index contributed by atoms with van der Waals surface area (Å²) in [6, 6.07) is 20.9. The summed E-state index contributed by atoms with van der Waals surface area (Å²) in [5.41, 5.74) is 14.9. The maximum atomic E-state index is 13.1. The number of rotatable bonds is 12. The smallest absolute Gasteiger partial charge is 0.318 e. The lowest BCUT2D eigenvalue weighted by Gasteiger charge is -2.18. The van der Waals surface area contributed by atoms with Crippen molar-refractivity contribution in [3.63, 3.8) is 0 Å². The second kappa shape index (κ2) is 12.9. The first-order chi connectivity index (χ1) is 17.3. The monoisotopic (exact) mass is 486 g/mol. The highest BCUT2D eigenvalue weighted by atomic mass is 16.5. The number of esters is 1. The van der Waals surface area contributed by atoms with Crippen LogP contribution in [0.3, 0.4) is 0 Å². The number of unbranched alkanes of at least 4 members (excludes halogenated alkanes) is 2. The fourth-order valence-electron chi connectivity index (χ4n) is 3.82. The number of allylic oxidation sites excluding steroid dienone is 1. The minimum Gasteiger partial charge on any atom is -0.481 e. The van der Waals surface area contributed by atoms with Crippen LogP contribution in [-0.4, -0.2) is 22.8 Å². The third-order valence-electron chi connectivity index (χ3n) is 5.74. The van der Waals surface area contributed by atoms with E-state index in [0.717, 1.165) is 5.56 Å². The maximum absolute atomic E-state index is 13.1. The summed E-state index contributed by atoms with van der Waals surface area (Å²) >= 11 is 0. The molecule has 7 heteroatoms. The van der Waals surface area contributed by atoms with Crippen molar-refractivity contribution in [3.8, 4) is 5.75 Å². The third kappa shape index (κ3) is 7.84. The SMILES string of the molecule is Nc1ccc(C(CCCCCC(=O)O)C(=O)Oc2ccc(C=CC(=O)c3ccccc3)cc2)c(N)c1. The lowest BCUT2D eigenvalue weighted by molar-refractivity contribution is -0.138. The molecule has 186 valence electrons. The van der Waals surface area contributed by atoms with Crippen LogP contribution >= 0.6 is 0 Å². The number of hydrogen-bond donors (Lipinski definition) is 3. The number of ether oxygens (including phenoxy) is 1. The highest BCUT2D eigenvalue weighted by Crippen LogP contribution is 2.31. The van der Waals surface area contributed by atoms with Crippen molar-refractivity contribution in [1.82, 2.24) is 0 Å². The molecule has 0 amide bonds. The molecule has 3 aromatic rings. The minimum atomic E-state index is -0.837. The van der Waals surface area contributed by atoms with Crippen molar-refractivity contribution in [3.05, 3.63) is 95.6 Å². The average Bonchev–Trinajstić information content (AvgIpc) is 2.86. The van der Waals surface area contributed by atoms with E-state index in [9.17, 15) is 14.4 Å². The fourth-order valence-corrected chi connectivity index (χ4v) is 3.82. The Bertz CT molecular complexity index is 1220. The van der Waals surface area contributed by atoms with E-state index in [0.29, 0.717) is 53.9 Å².